The van der Waals surface area contributed by atoms with Crippen LogP contribution in [0.15, 0.2) is 28.8 Å². The summed E-state index contributed by atoms with van der Waals surface area (Å²) in [5, 5.41) is 13.2. The van der Waals surface area contributed by atoms with Crippen molar-refractivity contribution in [3.05, 3.63) is 35.7 Å². The van der Waals surface area contributed by atoms with Crippen LogP contribution in [0.4, 0.5) is 0 Å². The Morgan fingerprint density at radius 3 is 2.90 bits per heavy atom. The standard InChI is InChI=1S/C16H21N3O2/c1-19-7-5-12(6-8-19)10-15-17-16(18-21-15)14-4-2-3-13(9-14)11-20/h2-4,9,12,20H,5-8,10-11H2,1H3. The Bertz CT molecular complexity index is 589. The van der Waals surface area contributed by atoms with Gasteiger partial charge in [-0.2, -0.15) is 4.98 Å². The number of benzene rings is 1. The van der Waals surface area contributed by atoms with Gasteiger partial charge >= 0.3 is 0 Å². The highest BCUT2D eigenvalue weighted by molar-refractivity contribution is 5.55. The van der Waals surface area contributed by atoms with Crippen LogP contribution in [-0.2, 0) is 13.0 Å². The molecule has 0 aliphatic carbocycles. The van der Waals surface area contributed by atoms with Gasteiger partial charge in [0, 0.05) is 12.0 Å². The van der Waals surface area contributed by atoms with Gasteiger partial charge < -0.3 is 14.5 Å². The molecule has 112 valence electrons. The molecule has 0 spiro atoms. The molecule has 2 aromatic rings. The lowest BCUT2D eigenvalue weighted by Crippen LogP contribution is -2.30. The number of piperidine rings is 1. The van der Waals surface area contributed by atoms with Crippen LogP contribution in [0.3, 0.4) is 0 Å². The van der Waals surface area contributed by atoms with E-state index in [0.29, 0.717) is 17.6 Å². The first-order valence-corrected chi connectivity index (χ1v) is 7.46. The first kappa shape index (κ1) is 14.2. The summed E-state index contributed by atoms with van der Waals surface area (Å²) < 4.78 is 5.38. The van der Waals surface area contributed by atoms with Gasteiger partial charge in [-0.1, -0.05) is 23.4 Å². The van der Waals surface area contributed by atoms with Gasteiger partial charge in [-0.3, -0.25) is 0 Å². The fourth-order valence-corrected chi connectivity index (χ4v) is 2.78. The fourth-order valence-electron chi connectivity index (χ4n) is 2.78. The number of nitrogens with zero attached hydrogens (tertiary/aromatic N) is 3. The molecule has 3 rings (SSSR count). The normalized spacial score (nSPS) is 17.2. The monoisotopic (exact) mass is 287 g/mol. The first-order valence-electron chi connectivity index (χ1n) is 7.46. The van der Waals surface area contributed by atoms with Crippen molar-refractivity contribution >= 4 is 0 Å². The third kappa shape index (κ3) is 3.49. The molecule has 5 nitrogen and oxygen atoms in total. The van der Waals surface area contributed by atoms with Crippen LogP contribution in [0.25, 0.3) is 11.4 Å². The average Bonchev–Trinajstić information content (AvgIpc) is 2.98. The van der Waals surface area contributed by atoms with Gasteiger partial charge in [0.15, 0.2) is 0 Å². The zero-order chi connectivity index (χ0) is 14.7. The van der Waals surface area contributed by atoms with Crippen molar-refractivity contribution in [3.63, 3.8) is 0 Å². The van der Waals surface area contributed by atoms with Crippen LogP contribution in [0.1, 0.15) is 24.3 Å². The molecule has 21 heavy (non-hydrogen) atoms. The molecule has 1 aromatic carbocycles. The average molecular weight is 287 g/mol. The van der Waals surface area contributed by atoms with Crippen molar-refractivity contribution in [2.45, 2.75) is 25.9 Å². The van der Waals surface area contributed by atoms with E-state index in [0.717, 1.165) is 30.6 Å². The molecule has 0 radical (unpaired) electrons. The maximum Gasteiger partial charge on any atom is 0.227 e. The molecular weight excluding hydrogens is 266 g/mol. The topological polar surface area (TPSA) is 62.4 Å². The number of hydrogen-bond donors (Lipinski definition) is 1. The number of hydrogen-bond acceptors (Lipinski definition) is 5. The van der Waals surface area contributed by atoms with E-state index in [4.69, 9.17) is 4.52 Å². The molecule has 1 aromatic heterocycles. The third-order valence-corrected chi connectivity index (χ3v) is 4.14. The molecule has 0 saturated carbocycles. The summed E-state index contributed by atoms with van der Waals surface area (Å²) in [7, 11) is 2.16. The minimum atomic E-state index is 0.0220. The van der Waals surface area contributed by atoms with Crippen molar-refractivity contribution in [1.29, 1.82) is 0 Å². The Kier molecular flexibility index (Phi) is 4.31. The lowest BCUT2D eigenvalue weighted by Gasteiger charge is -2.27. The summed E-state index contributed by atoms with van der Waals surface area (Å²) >= 11 is 0. The van der Waals surface area contributed by atoms with E-state index in [1.54, 1.807) is 0 Å². The smallest absolute Gasteiger partial charge is 0.227 e. The van der Waals surface area contributed by atoms with E-state index in [2.05, 4.69) is 22.1 Å². The predicted molar refractivity (Wildman–Crippen MR) is 79.6 cm³/mol. The van der Waals surface area contributed by atoms with Crippen molar-refractivity contribution in [3.8, 4) is 11.4 Å². The van der Waals surface area contributed by atoms with Gasteiger partial charge in [0.1, 0.15) is 0 Å². The Morgan fingerprint density at radius 2 is 2.14 bits per heavy atom. The maximum atomic E-state index is 9.18. The van der Waals surface area contributed by atoms with Crippen LogP contribution < -0.4 is 0 Å². The molecule has 0 amide bonds. The van der Waals surface area contributed by atoms with Crippen LogP contribution in [0.5, 0.6) is 0 Å². The molecule has 0 bridgehead atoms. The lowest BCUT2D eigenvalue weighted by molar-refractivity contribution is 0.208. The molecule has 1 saturated heterocycles. The van der Waals surface area contributed by atoms with E-state index in [1.807, 2.05) is 24.3 Å². The highest BCUT2D eigenvalue weighted by Gasteiger charge is 2.20. The summed E-state index contributed by atoms with van der Waals surface area (Å²) in [5.41, 5.74) is 1.74. The maximum absolute atomic E-state index is 9.18. The van der Waals surface area contributed by atoms with Crippen LogP contribution in [0, 0.1) is 5.92 Å². The van der Waals surface area contributed by atoms with Gasteiger partial charge in [-0.05, 0) is 50.5 Å². The number of aliphatic hydroxyl groups is 1. The highest BCUT2D eigenvalue weighted by atomic mass is 16.5. The van der Waals surface area contributed by atoms with Crippen LogP contribution in [0.2, 0.25) is 0 Å². The summed E-state index contributed by atoms with van der Waals surface area (Å²) in [6, 6.07) is 7.60. The Hall–Kier alpha value is -1.72. The minimum absolute atomic E-state index is 0.0220. The summed E-state index contributed by atoms with van der Waals surface area (Å²) in [6.45, 7) is 2.31. The zero-order valence-electron chi connectivity index (χ0n) is 12.3. The quantitative estimate of drug-likeness (QED) is 0.933. The largest absolute Gasteiger partial charge is 0.392 e. The Balaban J connectivity index is 1.68. The number of rotatable bonds is 4. The van der Waals surface area contributed by atoms with Gasteiger partial charge in [-0.15, -0.1) is 0 Å². The second-order valence-electron chi connectivity index (χ2n) is 5.82. The van der Waals surface area contributed by atoms with E-state index in [1.165, 1.54) is 12.8 Å². The molecule has 2 heterocycles. The molecule has 0 atom stereocenters. The number of aromatic nitrogens is 2. The van der Waals surface area contributed by atoms with E-state index >= 15 is 0 Å². The van der Waals surface area contributed by atoms with Crippen molar-refractivity contribution < 1.29 is 9.63 Å². The van der Waals surface area contributed by atoms with E-state index < -0.39 is 0 Å². The van der Waals surface area contributed by atoms with Crippen LogP contribution in [-0.4, -0.2) is 40.3 Å². The molecule has 1 fully saturated rings. The van der Waals surface area contributed by atoms with Crippen molar-refractivity contribution in [1.82, 2.24) is 15.0 Å². The van der Waals surface area contributed by atoms with Crippen molar-refractivity contribution in [2.24, 2.45) is 5.92 Å². The molecule has 1 aliphatic rings. The first-order chi connectivity index (χ1) is 10.2. The SMILES string of the molecule is CN1CCC(Cc2nc(-c3cccc(CO)c3)no2)CC1. The van der Waals surface area contributed by atoms with Gasteiger partial charge in [0.2, 0.25) is 11.7 Å². The van der Waals surface area contributed by atoms with E-state index in [-0.39, 0.29) is 6.61 Å². The number of likely N-dealkylation sites (tertiary alicyclic amines) is 1. The molecule has 5 heteroatoms. The third-order valence-electron chi connectivity index (χ3n) is 4.14. The van der Waals surface area contributed by atoms with Gasteiger partial charge in [0.25, 0.3) is 0 Å². The second-order valence-corrected chi connectivity index (χ2v) is 5.82. The molecule has 1 N–H and O–H groups in total. The molecule has 1 aliphatic heterocycles. The lowest BCUT2D eigenvalue weighted by atomic mass is 9.94. The molecule has 0 unspecified atom stereocenters. The zero-order valence-corrected chi connectivity index (χ0v) is 12.3. The van der Waals surface area contributed by atoms with Gasteiger partial charge in [-0.25, -0.2) is 0 Å². The number of aliphatic hydroxyl groups excluding tert-OH is 1. The van der Waals surface area contributed by atoms with Crippen LogP contribution >= 0.6 is 0 Å². The summed E-state index contributed by atoms with van der Waals surface area (Å²) in [5.74, 6) is 1.96. The predicted octanol–water partition coefficient (Wildman–Crippen LogP) is 2.11. The van der Waals surface area contributed by atoms with Crippen molar-refractivity contribution in [2.75, 3.05) is 20.1 Å². The highest BCUT2D eigenvalue weighted by Crippen LogP contribution is 2.22. The summed E-state index contributed by atoms with van der Waals surface area (Å²) in [6.07, 6.45) is 3.24. The Labute approximate surface area is 124 Å². The Morgan fingerprint density at radius 1 is 1.33 bits per heavy atom. The molecular formula is C16H21N3O2. The minimum Gasteiger partial charge on any atom is -0.392 e. The van der Waals surface area contributed by atoms with E-state index in [9.17, 15) is 5.11 Å². The fraction of sp³-hybridized carbons (Fsp3) is 0.500. The second kappa shape index (κ2) is 6.37. The van der Waals surface area contributed by atoms with Gasteiger partial charge in [0.05, 0.1) is 6.61 Å². The summed E-state index contributed by atoms with van der Waals surface area (Å²) in [4.78, 5) is 6.85.